The van der Waals surface area contributed by atoms with Crippen LogP contribution in [-0.2, 0) is 0 Å². The van der Waals surface area contributed by atoms with Crippen LogP contribution in [0.3, 0.4) is 0 Å². The lowest BCUT2D eigenvalue weighted by Gasteiger charge is -1.98. The summed E-state index contributed by atoms with van der Waals surface area (Å²) < 4.78 is 0. The van der Waals surface area contributed by atoms with Crippen molar-refractivity contribution in [1.82, 2.24) is 24.9 Å². The number of nitrogens with one attached hydrogen (secondary N) is 1. The summed E-state index contributed by atoms with van der Waals surface area (Å²) in [6.45, 7) is 2.00. The maximum absolute atomic E-state index is 4.37. The predicted molar refractivity (Wildman–Crippen MR) is 59.7 cm³/mol. The second-order valence-electron chi connectivity index (χ2n) is 3.51. The van der Waals surface area contributed by atoms with Crippen LogP contribution < -0.4 is 0 Å². The van der Waals surface area contributed by atoms with E-state index in [2.05, 4.69) is 24.9 Å². The van der Waals surface area contributed by atoms with Crippen LogP contribution in [0.5, 0.6) is 0 Å². The Balaban J connectivity index is 2.23. The number of imidazole rings is 1. The molecule has 0 radical (unpaired) electrons. The van der Waals surface area contributed by atoms with Gasteiger partial charge in [-0.15, -0.1) is 0 Å². The number of fused-ring (bicyclic) bond motifs is 1. The first kappa shape index (κ1) is 8.96. The number of pyridine rings is 1. The Bertz CT molecular complexity index is 610. The minimum Gasteiger partial charge on any atom is -0.334 e. The fraction of sp³-hybridized carbons (Fsp3) is 0.0909. The minimum atomic E-state index is 0.662. The second-order valence-corrected chi connectivity index (χ2v) is 3.51. The van der Waals surface area contributed by atoms with Crippen LogP contribution in [0.4, 0.5) is 0 Å². The highest BCUT2D eigenvalue weighted by Crippen LogP contribution is 2.19. The topological polar surface area (TPSA) is 67.3 Å². The Kier molecular flexibility index (Phi) is 1.89. The third-order valence-electron chi connectivity index (χ3n) is 2.40. The van der Waals surface area contributed by atoms with Crippen LogP contribution in [0.1, 0.15) is 5.56 Å². The monoisotopic (exact) mass is 211 g/mol. The molecule has 5 nitrogen and oxygen atoms in total. The maximum atomic E-state index is 4.37. The van der Waals surface area contributed by atoms with Crippen LogP contribution in [0.2, 0.25) is 0 Å². The van der Waals surface area contributed by atoms with Crippen molar-refractivity contribution in [3.8, 4) is 11.5 Å². The summed E-state index contributed by atoms with van der Waals surface area (Å²) >= 11 is 0. The Hall–Kier alpha value is -2.30. The molecule has 0 aromatic carbocycles. The minimum absolute atomic E-state index is 0.662. The van der Waals surface area contributed by atoms with Gasteiger partial charge in [-0.25, -0.2) is 15.0 Å². The first-order chi connectivity index (χ1) is 7.84. The van der Waals surface area contributed by atoms with Gasteiger partial charge in [0.2, 0.25) is 0 Å². The molecule has 16 heavy (non-hydrogen) atoms. The van der Waals surface area contributed by atoms with Crippen molar-refractivity contribution in [2.45, 2.75) is 6.92 Å². The third kappa shape index (κ3) is 1.33. The fourth-order valence-corrected chi connectivity index (χ4v) is 1.61. The van der Waals surface area contributed by atoms with E-state index in [4.69, 9.17) is 0 Å². The standard InChI is InChI=1S/C11H9N5/c1-7-3-2-4-13-9(7)11-15-8-5-12-6-14-10(8)16-11/h2-6H,1H3,(H,12,14,15,16). The lowest BCUT2D eigenvalue weighted by atomic mass is 10.2. The summed E-state index contributed by atoms with van der Waals surface area (Å²) in [6, 6.07) is 3.91. The number of H-pyrrole nitrogens is 1. The van der Waals surface area contributed by atoms with Crippen molar-refractivity contribution in [2.24, 2.45) is 0 Å². The molecule has 5 heteroatoms. The number of hydrogen-bond acceptors (Lipinski definition) is 4. The van der Waals surface area contributed by atoms with E-state index in [0.717, 1.165) is 22.6 Å². The van der Waals surface area contributed by atoms with Gasteiger partial charge in [0.15, 0.2) is 11.5 Å². The molecule has 0 aliphatic heterocycles. The summed E-state index contributed by atoms with van der Waals surface area (Å²) in [5.74, 6) is 0.730. The molecule has 78 valence electrons. The number of rotatable bonds is 1. The van der Waals surface area contributed by atoms with Crippen LogP contribution in [-0.4, -0.2) is 24.9 Å². The molecular formula is C11H9N5. The SMILES string of the molecule is Cc1cccnc1-c1nc2ncncc2[nH]1. The van der Waals surface area contributed by atoms with Crippen molar-refractivity contribution in [1.29, 1.82) is 0 Å². The van der Waals surface area contributed by atoms with E-state index in [1.54, 1.807) is 12.4 Å². The van der Waals surface area contributed by atoms with Gasteiger partial charge in [0.25, 0.3) is 0 Å². The highest BCUT2D eigenvalue weighted by atomic mass is 15.0. The van der Waals surface area contributed by atoms with E-state index in [1.165, 1.54) is 6.33 Å². The molecule has 0 bridgehead atoms. The molecule has 0 saturated carbocycles. The summed E-state index contributed by atoms with van der Waals surface area (Å²) in [4.78, 5) is 19.8. The Morgan fingerprint density at radius 2 is 2.19 bits per heavy atom. The fourth-order valence-electron chi connectivity index (χ4n) is 1.61. The first-order valence-electron chi connectivity index (χ1n) is 4.92. The van der Waals surface area contributed by atoms with Gasteiger partial charge < -0.3 is 4.98 Å². The summed E-state index contributed by atoms with van der Waals surface area (Å²) in [5.41, 5.74) is 3.41. The number of aromatic nitrogens is 5. The number of aromatic amines is 1. The van der Waals surface area contributed by atoms with Gasteiger partial charge in [0, 0.05) is 6.20 Å². The molecule has 0 saturated heterocycles. The molecule has 0 amide bonds. The highest BCUT2D eigenvalue weighted by Gasteiger charge is 2.08. The van der Waals surface area contributed by atoms with Gasteiger partial charge in [-0.2, -0.15) is 0 Å². The number of aryl methyl sites for hydroxylation is 1. The molecule has 0 fully saturated rings. The van der Waals surface area contributed by atoms with Gasteiger partial charge in [-0.1, -0.05) is 6.07 Å². The van der Waals surface area contributed by atoms with Gasteiger partial charge in [0.1, 0.15) is 17.5 Å². The largest absolute Gasteiger partial charge is 0.334 e. The molecule has 1 N–H and O–H groups in total. The van der Waals surface area contributed by atoms with Crippen molar-refractivity contribution in [2.75, 3.05) is 0 Å². The van der Waals surface area contributed by atoms with Gasteiger partial charge in [-0.05, 0) is 18.6 Å². The first-order valence-corrected chi connectivity index (χ1v) is 4.92. The smallest absolute Gasteiger partial charge is 0.181 e. The summed E-state index contributed by atoms with van der Waals surface area (Å²) in [5, 5.41) is 0. The highest BCUT2D eigenvalue weighted by molar-refractivity contribution is 5.74. The normalized spacial score (nSPS) is 10.8. The van der Waals surface area contributed by atoms with Crippen LogP contribution in [0, 0.1) is 6.92 Å². The van der Waals surface area contributed by atoms with Crippen LogP contribution in [0.25, 0.3) is 22.7 Å². The molecule has 0 spiro atoms. The molecular weight excluding hydrogens is 202 g/mol. The Labute approximate surface area is 91.6 Å². The van der Waals surface area contributed by atoms with E-state index in [1.807, 2.05) is 19.1 Å². The van der Waals surface area contributed by atoms with E-state index in [0.29, 0.717) is 5.65 Å². The quantitative estimate of drug-likeness (QED) is 0.665. The van der Waals surface area contributed by atoms with E-state index >= 15 is 0 Å². The maximum Gasteiger partial charge on any atom is 0.181 e. The average molecular weight is 211 g/mol. The van der Waals surface area contributed by atoms with Gasteiger partial charge in [0.05, 0.1) is 6.20 Å². The van der Waals surface area contributed by atoms with Crippen molar-refractivity contribution < 1.29 is 0 Å². The van der Waals surface area contributed by atoms with Crippen molar-refractivity contribution in [3.05, 3.63) is 36.4 Å². The molecule has 0 atom stereocenters. The van der Waals surface area contributed by atoms with Crippen molar-refractivity contribution >= 4 is 11.2 Å². The van der Waals surface area contributed by atoms with E-state index in [-0.39, 0.29) is 0 Å². The lowest BCUT2D eigenvalue weighted by molar-refractivity contribution is 1.19. The predicted octanol–water partition coefficient (Wildman–Crippen LogP) is 1.72. The Morgan fingerprint density at radius 3 is 3.00 bits per heavy atom. The Morgan fingerprint density at radius 1 is 1.25 bits per heavy atom. The molecule has 3 aromatic heterocycles. The molecule has 0 unspecified atom stereocenters. The number of nitrogens with zero attached hydrogens (tertiary/aromatic N) is 4. The van der Waals surface area contributed by atoms with Crippen molar-refractivity contribution in [3.63, 3.8) is 0 Å². The van der Waals surface area contributed by atoms with Crippen LogP contribution >= 0.6 is 0 Å². The summed E-state index contributed by atoms with van der Waals surface area (Å²) in [7, 11) is 0. The van der Waals surface area contributed by atoms with E-state index < -0.39 is 0 Å². The van der Waals surface area contributed by atoms with E-state index in [9.17, 15) is 0 Å². The van der Waals surface area contributed by atoms with Crippen LogP contribution in [0.15, 0.2) is 30.9 Å². The summed E-state index contributed by atoms with van der Waals surface area (Å²) in [6.07, 6.45) is 4.94. The third-order valence-corrected chi connectivity index (χ3v) is 2.40. The molecule has 0 aliphatic carbocycles. The zero-order valence-electron chi connectivity index (χ0n) is 8.68. The lowest BCUT2D eigenvalue weighted by Crippen LogP contribution is -1.88. The molecule has 3 rings (SSSR count). The number of hydrogen-bond donors (Lipinski definition) is 1. The molecule has 0 aliphatic rings. The molecule has 3 aromatic rings. The average Bonchev–Trinajstić information content (AvgIpc) is 2.73. The second kappa shape index (κ2) is 3.37. The zero-order valence-corrected chi connectivity index (χ0v) is 8.68. The molecule has 3 heterocycles. The van der Waals surface area contributed by atoms with Gasteiger partial charge >= 0.3 is 0 Å². The van der Waals surface area contributed by atoms with Gasteiger partial charge in [-0.3, -0.25) is 4.98 Å². The zero-order chi connectivity index (χ0) is 11.0.